The number of carbonyl (C=O) groups excluding carboxylic acids is 1. The number of nitrogens with zero attached hydrogens (tertiary/aromatic N) is 1. The molecule has 3 fully saturated rings. The molecule has 4 N–H and O–H groups in total. The van der Waals surface area contributed by atoms with E-state index in [0.29, 0.717) is 23.8 Å². The molecule has 0 aromatic carbocycles. The molecule has 3 aliphatic rings. The van der Waals surface area contributed by atoms with E-state index < -0.39 is 0 Å². The smallest absolute Gasteiger partial charge is 0.226 e. The van der Waals surface area contributed by atoms with Crippen molar-refractivity contribution in [3.8, 4) is 0 Å². The summed E-state index contributed by atoms with van der Waals surface area (Å²) in [5, 5.41) is 0. The third kappa shape index (κ3) is 2.98. The monoisotopic (exact) mass is 293 g/mol. The predicted octanol–water partition coefficient (Wildman–Crippen LogP) is 1.87. The lowest BCUT2D eigenvalue weighted by atomic mass is 9.64. The van der Waals surface area contributed by atoms with Gasteiger partial charge in [0, 0.05) is 30.6 Å². The lowest BCUT2D eigenvalue weighted by Crippen LogP contribution is -2.55. The molecule has 120 valence electrons. The van der Waals surface area contributed by atoms with Crippen LogP contribution < -0.4 is 11.5 Å². The largest absolute Gasteiger partial charge is 0.338 e. The maximum atomic E-state index is 13.0. The van der Waals surface area contributed by atoms with Gasteiger partial charge in [-0.3, -0.25) is 4.79 Å². The number of hydrogen-bond donors (Lipinski definition) is 2. The van der Waals surface area contributed by atoms with Crippen LogP contribution in [-0.2, 0) is 4.79 Å². The standard InChI is InChI=1S/C17H31N3O/c1-11(18)15-7-2-3-8-20(15)17(21)14-9-12-5-4-6-13(10-14)16(12)19/h11-16H,2-10,18-19H2,1H3. The van der Waals surface area contributed by atoms with Gasteiger partial charge in [-0.05, 0) is 63.7 Å². The Labute approximate surface area is 128 Å². The zero-order valence-corrected chi connectivity index (χ0v) is 13.3. The van der Waals surface area contributed by atoms with Gasteiger partial charge in [0.1, 0.15) is 0 Å². The van der Waals surface area contributed by atoms with Crippen molar-refractivity contribution >= 4 is 5.91 Å². The molecule has 3 rings (SSSR count). The molecule has 4 nitrogen and oxygen atoms in total. The highest BCUT2D eigenvalue weighted by Gasteiger charge is 2.43. The molecule has 0 aromatic heterocycles. The van der Waals surface area contributed by atoms with Crippen molar-refractivity contribution in [2.75, 3.05) is 6.54 Å². The van der Waals surface area contributed by atoms with E-state index in [4.69, 9.17) is 11.5 Å². The number of likely N-dealkylation sites (tertiary alicyclic amines) is 1. The molecule has 2 aliphatic carbocycles. The quantitative estimate of drug-likeness (QED) is 0.816. The van der Waals surface area contributed by atoms with Crippen LogP contribution >= 0.6 is 0 Å². The number of nitrogens with two attached hydrogens (primary N) is 2. The van der Waals surface area contributed by atoms with Gasteiger partial charge in [-0.1, -0.05) is 6.42 Å². The first kappa shape index (κ1) is 15.3. The molecule has 4 heteroatoms. The van der Waals surface area contributed by atoms with Gasteiger partial charge < -0.3 is 16.4 Å². The molecule has 0 aromatic rings. The van der Waals surface area contributed by atoms with Crippen molar-refractivity contribution in [2.45, 2.75) is 76.4 Å². The molecule has 1 heterocycles. The summed E-state index contributed by atoms with van der Waals surface area (Å²) < 4.78 is 0. The van der Waals surface area contributed by atoms with Crippen LogP contribution in [0.25, 0.3) is 0 Å². The van der Waals surface area contributed by atoms with E-state index in [9.17, 15) is 4.79 Å². The second-order valence-electron chi connectivity index (χ2n) is 7.65. The van der Waals surface area contributed by atoms with E-state index in [1.54, 1.807) is 0 Å². The lowest BCUT2D eigenvalue weighted by molar-refractivity contribution is -0.142. The molecule has 1 amide bonds. The Morgan fingerprint density at radius 3 is 2.38 bits per heavy atom. The van der Waals surface area contributed by atoms with E-state index >= 15 is 0 Å². The fraction of sp³-hybridized carbons (Fsp3) is 0.941. The number of rotatable bonds is 2. The average molecular weight is 293 g/mol. The molecule has 1 saturated heterocycles. The zero-order valence-electron chi connectivity index (χ0n) is 13.3. The minimum absolute atomic E-state index is 0.0830. The van der Waals surface area contributed by atoms with Crippen LogP contribution in [0.3, 0.4) is 0 Å². The van der Waals surface area contributed by atoms with Gasteiger partial charge in [-0.25, -0.2) is 0 Å². The molecule has 4 atom stereocenters. The summed E-state index contributed by atoms with van der Waals surface area (Å²) in [5.74, 6) is 1.73. The van der Waals surface area contributed by atoms with E-state index in [0.717, 1.165) is 32.2 Å². The Morgan fingerprint density at radius 2 is 1.76 bits per heavy atom. The number of hydrogen-bond acceptors (Lipinski definition) is 3. The summed E-state index contributed by atoms with van der Waals surface area (Å²) >= 11 is 0. The van der Waals surface area contributed by atoms with Gasteiger partial charge in [0.2, 0.25) is 5.91 Å². The minimum atomic E-state index is 0.0830. The highest BCUT2D eigenvalue weighted by atomic mass is 16.2. The van der Waals surface area contributed by atoms with Crippen LogP contribution in [0.15, 0.2) is 0 Å². The molecule has 1 aliphatic heterocycles. The highest BCUT2D eigenvalue weighted by molar-refractivity contribution is 5.79. The van der Waals surface area contributed by atoms with Crippen LogP contribution in [-0.4, -0.2) is 35.5 Å². The molecule has 2 saturated carbocycles. The van der Waals surface area contributed by atoms with E-state index in [1.807, 2.05) is 6.92 Å². The Hall–Kier alpha value is -0.610. The predicted molar refractivity (Wildman–Crippen MR) is 84.5 cm³/mol. The molecule has 0 radical (unpaired) electrons. The summed E-state index contributed by atoms with van der Waals surface area (Å²) in [7, 11) is 0. The summed E-state index contributed by atoms with van der Waals surface area (Å²) in [6, 6.07) is 0.676. The number of piperidine rings is 1. The van der Waals surface area contributed by atoms with Crippen LogP contribution in [0.4, 0.5) is 0 Å². The molecule has 2 bridgehead atoms. The fourth-order valence-electron chi connectivity index (χ4n) is 5.00. The Balaban J connectivity index is 1.69. The van der Waals surface area contributed by atoms with Gasteiger partial charge in [-0.2, -0.15) is 0 Å². The van der Waals surface area contributed by atoms with Gasteiger partial charge in [-0.15, -0.1) is 0 Å². The topological polar surface area (TPSA) is 72.3 Å². The number of amides is 1. The Kier molecular flexibility index (Phi) is 4.55. The molecular formula is C17H31N3O. The van der Waals surface area contributed by atoms with E-state index in [1.165, 1.54) is 25.7 Å². The lowest BCUT2D eigenvalue weighted by Gasteiger charge is -2.46. The number of carbonyl (C=O) groups is 1. The first-order chi connectivity index (χ1) is 10.1. The van der Waals surface area contributed by atoms with Crippen LogP contribution in [0.2, 0.25) is 0 Å². The fourth-order valence-corrected chi connectivity index (χ4v) is 5.00. The second-order valence-corrected chi connectivity index (χ2v) is 7.65. The van der Waals surface area contributed by atoms with Crippen molar-refractivity contribution in [1.82, 2.24) is 4.90 Å². The van der Waals surface area contributed by atoms with E-state index in [-0.39, 0.29) is 18.0 Å². The van der Waals surface area contributed by atoms with Crippen LogP contribution in [0, 0.1) is 17.8 Å². The number of fused-ring (bicyclic) bond motifs is 2. The van der Waals surface area contributed by atoms with Gasteiger partial charge >= 0.3 is 0 Å². The Bertz CT molecular complexity index is 370. The zero-order chi connectivity index (χ0) is 15.0. The molecule has 21 heavy (non-hydrogen) atoms. The normalized spacial score (nSPS) is 41.7. The second kappa shape index (κ2) is 6.25. The first-order valence-electron chi connectivity index (χ1n) is 8.89. The van der Waals surface area contributed by atoms with Crippen molar-refractivity contribution in [3.05, 3.63) is 0 Å². The maximum Gasteiger partial charge on any atom is 0.226 e. The van der Waals surface area contributed by atoms with Crippen LogP contribution in [0.1, 0.15) is 58.3 Å². The highest BCUT2D eigenvalue weighted by Crippen LogP contribution is 2.42. The third-order valence-corrected chi connectivity index (χ3v) is 6.20. The maximum absolute atomic E-state index is 13.0. The summed E-state index contributed by atoms with van der Waals surface area (Å²) in [4.78, 5) is 15.2. The SMILES string of the molecule is CC(N)C1CCCCN1C(=O)C1CC2CCCC(C1)C2N. The van der Waals surface area contributed by atoms with Gasteiger partial charge in [0.15, 0.2) is 0 Å². The van der Waals surface area contributed by atoms with E-state index in [2.05, 4.69) is 4.90 Å². The average Bonchev–Trinajstić information content (AvgIpc) is 2.46. The molecule has 4 unspecified atom stereocenters. The van der Waals surface area contributed by atoms with Crippen molar-refractivity contribution in [2.24, 2.45) is 29.2 Å². The van der Waals surface area contributed by atoms with Gasteiger partial charge in [0.05, 0.1) is 0 Å². The molecule has 0 spiro atoms. The summed E-state index contributed by atoms with van der Waals surface area (Å²) in [6.07, 6.45) is 9.18. The minimum Gasteiger partial charge on any atom is -0.338 e. The summed E-state index contributed by atoms with van der Waals surface area (Å²) in [5.41, 5.74) is 12.5. The first-order valence-corrected chi connectivity index (χ1v) is 8.89. The third-order valence-electron chi connectivity index (χ3n) is 6.20. The molecular weight excluding hydrogens is 262 g/mol. The van der Waals surface area contributed by atoms with Gasteiger partial charge in [0.25, 0.3) is 0 Å². The summed E-state index contributed by atoms with van der Waals surface area (Å²) in [6.45, 7) is 2.95. The Morgan fingerprint density at radius 1 is 1.10 bits per heavy atom. The van der Waals surface area contributed by atoms with Crippen molar-refractivity contribution < 1.29 is 4.79 Å². The van der Waals surface area contributed by atoms with Crippen molar-refractivity contribution in [3.63, 3.8) is 0 Å². The van der Waals surface area contributed by atoms with Crippen molar-refractivity contribution in [1.29, 1.82) is 0 Å². The van der Waals surface area contributed by atoms with Crippen LogP contribution in [0.5, 0.6) is 0 Å².